The molecule has 2 aromatic carbocycles. The Morgan fingerprint density at radius 3 is 2.56 bits per heavy atom. The molecule has 0 radical (unpaired) electrons. The van der Waals surface area contributed by atoms with Crippen molar-refractivity contribution in [2.24, 2.45) is 4.99 Å². The summed E-state index contributed by atoms with van der Waals surface area (Å²) in [5.74, 6) is -0.227. The molecule has 1 aliphatic carbocycles. The van der Waals surface area contributed by atoms with Crippen LogP contribution in [0.3, 0.4) is 0 Å². The van der Waals surface area contributed by atoms with Crippen molar-refractivity contribution < 1.29 is 9.59 Å². The van der Waals surface area contributed by atoms with E-state index in [4.69, 9.17) is 0 Å². The van der Waals surface area contributed by atoms with Crippen molar-refractivity contribution in [3.8, 4) is 5.00 Å². The third-order valence-corrected chi connectivity index (χ3v) is 9.72. The van der Waals surface area contributed by atoms with Gasteiger partial charge in [0.05, 0.1) is 16.2 Å². The van der Waals surface area contributed by atoms with E-state index in [2.05, 4.69) is 40.1 Å². The molecule has 4 aromatic rings. The zero-order chi connectivity index (χ0) is 28.7. The monoisotopic (exact) mass is 580 g/mol. The lowest BCUT2D eigenvalue weighted by molar-refractivity contribution is -0.115. The number of thioether (sulfide) groups is 1. The molecular weight excluding hydrogens is 549 g/mol. The molecule has 2 aromatic heterocycles. The van der Waals surface area contributed by atoms with Gasteiger partial charge in [0, 0.05) is 22.0 Å². The normalized spacial score (nSPS) is 16.7. The van der Waals surface area contributed by atoms with E-state index >= 15 is 0 Å². The maximum absolute atomic E-state index is 13.8. The Morgan fingerprint density at radius 1 is 1.00 bits per heavy atom. The minimum absolute atomic E-state index is 0.0709. The fourth-order valence-electron chi connectivity index (χ4n) is 5.46. The van der Waals surface area contributed by atoms with Crippen LogP contribution in [0.1, 0.15) is 61.7 Å². The maximum Gasteiger partial charge on any atom is 0.264 e. The van der Waals surface area contributed by atoms with Gasteiger partial charge >= 0.3 is 0 Å². The molecule has 1 fully saturated rings. The van der Waals surface area contributed by atoms with Crippen LogP contribution in [0.2, 0.25) is 0 Å². The summed E-state index contributed by atoms with van der Waals surface area (Å²) in [5.41, 5.74) is 8.79. The molecule has 3 heterocycles. The number of fused-ring (bicyclic) bond motifs is 1. The highest BCUT2D eigenvalue weighted by Gasteiger charge is 2.29. The topological polar surface area (TPSA) is 75.5 Å². The van der Waals surface area contributed by atoms with Crippen molar-refractivity contribution in [3.05, 3.63) is 104 Å². The van der Waals surface area contributed by atoms with Crippen LogP contribution in [0.25, 0.3) is 11.1 Å². The summed E-state index contributed by atoms with van der Waals surface area (Å²) in [5, 5.41) is 7.56. The molecule has 6 nitrogen and oxygen atoms in total. The molecule has 41 heavy (non-hydrogen) atoms. The lowest BCUT2D eigenvalue weighted by Gasteiger charge is -2.14. The molecule has 2 N–H and O–H groups in total. The Balaban J connectivity index is 1.35. The number of hydrogen-bond acceptors (Lipinski definition) is 5. The van der Waals surface area contributed by atoms with Crippen molar-refractivity contribution in [2.45, 2.75) is 53.4 Å². The summed E-state index contributed by atoms with van der Waals surface area (Å²) < 4.78 is 2.18. The second-order valence-corrected chi connectivity index (χ2v) is 12.8. The van der Waals surface area contributed by atoms with E-state index in [1.54, 1.807) is 11.3 Å². The van der Waals surface area contributed by atoms with Gasteiger partial charge in [0.15, 0.2) is 5.17 Å². The number of aromatic nitrogens is 1. The minimum atomic E-state index is -0.157. The largest absolute Gasteiger partial charge is 0.322 e. The first-order valence-electron chi connectivity index (χ1n) is 13.8. The summed E-state index contributed by atoms with van der Waals surface area (Å²) in [4.78, 5) is 33.2. The average molecular weight is 581 g/mol. The predicted octanol–water partition coefficient (Wildman–Crippen LogP) is 7.80. The van der Waals surface area contributed by atoms with Gasteiger partial charge in [-0.3, -0.25) is 9.59 Å². The standard InChI is InChI=1S/C33H32N4O2S2/c1-19-12-14-24(15-13-19)34-31(39)29-26-10-5-6-11-27(26)40-32(29)37-21(3)17-23(22(37)4)18-28-30(38)36-33(41-28)35-25-9-7-8-20(2)16-25/h7-9,12-18H,5-6,10-11H2,1-4H3,(H,34,39)(H,35,36,38)/b28-18-. The van der Waals surface area contributed by atoms with Crippen LogP contribution >= 0.6 is 23.1 Å². The molecule has 8 heteroatoms. The SMILES string of the molecule is Cc1ccc(NC(=O)c2c(-n3c(C)cc(/C=C4\SC(=Nc5cccc(C)c5)NC4=O)c3C)sc3c2CCCC3)cc1. The quantitative estimate of drug-likeness (QED) is 0.237. The first-order valence-corrected chi connectivity index (χ1v) is 15.5. The van der Waals surface area contributed by atoms with Crippen molar-refractivity contribution >= 4 is 57.5 Å². The summed E-state index contributed by atoms with van der Waals surface area (Å²) in [6.07, 6.45) is 6.08. The Morgan fingerprint density at radius 2 is 1.78 bits per heavy atom. The third kappa shape index (κ3) is 5.54. The van der Waals surface area contributed by atoms with Crippen LogP contribution in [-0.2, 0) is 17.6 Å². The van der Waals surface area contributed by atoms with E-state index in [1.807, 2.05) is 68.5 Å². The lowest BCUT2D eigenvalue weighted by Crippen LogP contribution is -2.19. The summed E-state index contributed by atoms with van der Waals surface area (Å²) >= 11 is 3.07. The molecule has 0 unspecified atom stereocenters. The van der Waals surface area contributed by atoms with Crippen molar-refractivity contribution in [2.75, 3.05) is 5.32 Å². The molecule has 2 aliphatic rings. The number of amides is 2. The molecule has 6 rings (SSSR count). The van der Waals surface area contributed by atoms with E-state index in [9.17, 15) is 9.59 Å². The number of nitrogens with zero attached hydrogens (tertiary/aromatic N) is 2. The number of amidine groups is 1. The molecule has 208 valence electrons. The summed E-state index contributed by atoms with van der Waals surface area (Å²) in [6.45, 7) is 8.17. The van der Waals surface area contributed by atoms with Crippen LogP contribution in [0, 0.1) is 27.7 Å². The van der Waals surface area contributed by atoms with Gasteiger partial charge in [0.1, 0.15) is 5.00 Å². The van der Waals surface area contributed by atoms with Gasteiger partial charge in [0.2, 0.25) is 0 Å². The number of rotatable bonds is 5. The Bertz CT molecular complexity index is 1740. The number of benzene rings is 2. The molecule has 0 bridgehead atoms. The molecule has 1 saturated heterocycles. The highest BCUT2D eigenvalue weighted by molar-refractivity contribution is 8.18. The number of aliphatic imine (C=N–C) groups is 1. The van der Waals surface area contributed by atoms with Crippen LogP contribution in [0.4, 0.5) is 11.4 Å². The van der Waals surface area contributed by atoms with Gasteiger partial charge in [-0.25, -0.2) is 4.99 Å². The highest BCUT2D eigenvalue weighted by atomic mass is 32.2. The predicted molar refractivity (Wildman–Crippen MR) is 171 cm³/mol. The zero-order valence-corrected chi connectivity index (χ0v) is 25.3. The van der Waals surface area contributed by atoms with Crippen LogP contribution < -0.4 is 10.6 Å². The van der Waals surface area contributed by atoms with Gasteiger partial charge in [0.25, 0.3) is 11.8 Å². The first kappa shape index (κ1) is 27.3. The smallest absolute Gasteiger partial charge is 0.264 e. The van der Waals surface area contributed by atoms with Gasteiger partial charge in [-0.1, -0.05) is 29.8 Å². The summed E-state index contributed by atoms with van der Waals surface area (Å²) in [6, 6.07) is 17.9. The number of hydrogen-bond donors (Lipinski definition) is 2. The van der Waals surface area contributed by atoms with Crippen molar-refractivity contribution in [1.29, 1.82) is 0 Å². The van der Waals surface area contributed by atoms with Crippen LogP contribution in [0.15, 0.2) is 64.5 Å². The van der Waals surface area contributed by atoms with E-state index in [0.29, 0.717) is 10.1 Å². The lowest BCUT2D eigenvalue weighted by atomic mass is 9.95. The Hall–Kier alpha value is -3.88. The average Bonchev–Trinajstić information content (AvgIpc) is 3.57. The van der Waals surface area contributed by atoms with Crippen LogP contribution in [-0.4, -0.2) is 21.5 Å². The maximum atomic E-state index is 13.8. The van der Waals surface area contributed by atoms with Crippen molar-refractivity contribution in [1.82, 2.24) is 9.88 Å². The van der Waals surface area contributed by atoms with Gasteiger partial charge in [-0.2, -0.15) is 0 Å². The van der Waals surface area contributed by atoms with E-state index in [1.165, 1.54) is 22.2 Å². The second-order valence-electron chi connectivity index (χ2n) is 10.7. The number of carbonyl (C=O) groups is 2. The second kappa shape index (κ2) is 11.2. The minimum Gasteiger partial charge on any atom is -0.322 e. The molecule has 0 saturated carbocycles. The molecule has 0 atom stereocenters. The van der Waals surface area contributed by atoms with Gasteiger partial charge in [-0.05, 0) is 118 Å². The summed E-state index contributed by atoms with van der Waals surface area (Å²) in [7, 11) is 0. The molecule has 1 aliphatic heterocycles. The molecule has 0 spiro atoms. The number of anilines is 1. The fourth-order valence-corrected chi connectivity index (χ4v) is 7.79. The van der Waals surface area contributed by atoms with Gasteiger partial charge < -0.3 is 15.2 Å². The van der Waals surface area contributed by atoms with E-state index in [-0.39, 0.29) is 11.8 Å². The fraction of sp³-hybridized carbons (Fsp3) is 0.242. The highest BCUT2D eigenvalue weighted by Crippen LogP contribution is 2.40. The molecular formula is C33H32N4O2S2. The Kier molecular flexibility index (Phi) is 7.45. The Labute approximate surface area is 248 Å². The number of carbonyl (C=O) groups excluding carboxylic acids is 2. The third-order valence-electron chi connectivity index (χ3n) is 7.53. The van der Waals surface area contributed by atoms with E-state index in [0.717, 1.165) is 75.7 Å². The zero-order valence-electron chi connectivity index (χ0n) is 23.6. The van der Waals surface area contributed by atoms with Gasteiger partial charge in [-0.15, -0.1) is 11.3 Å². The number of nitrogens with one attached hydrogen (secondary N) is 2. The molecule has 2 amide bonds. The van der Waals surface area contributed by atoms with E-state index < -0.39 is 0 Å². The van der Waals surface area contributed by atoms with Crippen molar-refractivity contribution in [3.63, 3.8) is 0 Å². The number of aryl methyl sites for hydroxylation is 4. The number of thiophene rings is 1. The van der Waals surface area contributed by atoms with Crippen LogP contribution in [0.5, 0.6) is 0 Å². The first-order chi connectivity index (χ1) is 19.8.